The Morgan fingerprint density at radius 1 is 1.23 bits per heavy atom. The average molecular weight is 302 g/mol. The molecule has 22 heavy (non-hydrogen) atoms. The summed E-state index contributed by atoms with van der Waals surface area (Å²) < 4.78 is 0. The summed E-state index contributed by atoms with van der Waals surface area (Å²) in [5.41, 5.74) is 4.75. The van der Waals surface area contributed by atoms with Crippen molar-refractivity contribution >= 4 is 18.2 Å². The van der Waals surface area contributed by atoms with Gasteiger partial charge in [0, 0.05) is 0 Å². The summed E-state index contributed by atoms with van der Waals surface area (Å²) in [6, 6.07) is 10.1. The number of rotatable bonds is 5. The Morgan fingerprint density at radius 3 is 2.59 bits per heavy atom. The molecule has 0 aromatic heterocycles. The largest absolute Gasteiger partial charge is 0.328 e. The van der Waals surface area contributed by atoms with Crippen molar-refractivity contribution in [3.05, 3.63) is 41.5 Å². The van der Waals surface area contributed by atoms with E-state index in [4.69, 9.17) is 0 Å². The van der Waals surface area contributed by atoms with Crippen LogP contribution in [0.1, 0.15) is 12.5 Å². The summed E-state index contributed by atoms with van der Waals surface area (Å²) in [6.07, 6.45) is 3.72. The van der Waals surface area contributed by atoms with Crippen molar-refractivity contribution in [2.75, 3.05) is 39.8 Å². The molecule has 3 N–H and O–H groups in total. The molecule has 2 rings (SSSR count). The summed E-state index contributed by atoms with van der Waals surface area (Å²) in [6.45, 7) is 6.84. The van der Waals surface area contributed by atoms with Gasteiger partial charge in [-0.15, -0.1) is 0 Å². The predicted molar refractivity (Wildman–Crippen MR) is 88.9 cm³/mol. The van der Waals surface area contributed by atoms with E-state index in [1.807, 2.05) is 43.3 Å². The number of likely N-dealkylation sites (N-methyl/N-ethyl adjacent to an activating group) is 1. The van der Waals surface area contributed by atoms with E-state index in [9.17, 15) is 4.79 Å². The van der Waals surface area contributed by atoms with Crippen LogP contribution in [0.25, 0.3) is 6.08 Å². The molecule has 1 aromatic rings. The first-order valence-electron chi connectivity index (χ1n) is 7.83. The number of amides is 1. The molecular weight excluding hydrogens is 276 g/mol. The van der Waals surface area contributed by atoms with Crippen LogP contribution in [0, 0.1) is 0 Å². The summed E-state index contributed by atoms with van der Waals surface area (Å²) >= 11 is 0. The van der Waals surface area contributed by atoms with Crippen molar-refractivity contribution in [2.24, 2.45) is 5.10 Å². The van der Waals surface area contributed by atoms with Crippen LogP contribution in [0.3, 0.4) is 0 Å². The predicted octanol–water partition coefficient (Wildman–Crippen LogP) is -1.39. The first-order valence-corrected chi connectivity index (χ1v) is 7.83. The summed E-state index contributed by atoms with van der Waals surface area (Å²) in [5.74, 6) is -0.0154. The zero-order chi connectivity index (χ0) is 15.8. The maximum atomic E-state index is 11.9. The molecule has 1 saturated heterocycles. The second kappa shape index (κ2) is 8.46. The molecule has 118 valence electrons. The van der Waals surface area contributed by atoms with Crippen molar-refractivity contribution in [1.82, 2.24) is 5.43 Å². The van der Waals surface area contributed by atoms with E-state index in [-0.39, 0.29) is 5.91 Å². The highest BCUT2D eigenvalue weighted by molar-refractivity contribution is 5.86. The van der Waals surface area contributed by atoms with Gasteiger partial charge in [-0.3, -0.25) is 4.79 Å². The lowest BCUT2D eigenvalue weighted by Gasteiger charge is -2.26. The number of nitrogens with zero attached hydrogens (tertiary/aromatic N) is 1. The summed E-state index contributed by atoms with van der Waals surface area (Å²) in [4.78, 5) is 14.7. The fourth-order valence-electron chi connectivity index (χ4n) is 2.53. The van der Waals surface area contributed by atoms with E-state index < -0.39 is 0 Å². The van der Waals surface area contributed by atoms with Gasteiger partial charge in [-0.2, -0.15) is 5.10 Å². The number of hydrogen-bond donors (Lipinski definition) is 3. The van der Waals surface area contributed by atoms with Crippen LogP contribution in [0.15, 0.2) is 41.0 Å². The molecule has 0 aliphatic carbocycles. The Kier molecular flexibility index (Phi) is 6.30. The minimum absolute atomic E-state index is 0.0154. The highest BCUT2D eigenvalue weighted by atomic mass is 16.2. The Bertz CT molecular complexity index is 531. The average Bonchev–Trinajstić information content (AvgIpc) is 2.50. The molecular formula is C17H26N4O+2. The van der Waals surface area contributed by atoms with E-state index in [1.165, 1.54) is 4.90 Å². The van der Waals surface area contributed by atoms with E-state index in [0.29, 0.717) is 6.54 Å². The molecule has 1 aliphatic heterocycles. The van der Waals surface area contributed by atoms with Gasteiger partial charge in [-0.25, -0.2) is 5.43 Å². The number of carbonyl (C=O) groups excluding carboxylic acids is 1. The van der Waals surface area contributed by atoms with Crippen LogP contribution < -0.4 is 15.2 Å². The maximum Gasteiger partial charge on any atom is 0.295 e. The van der Waals surface area contributed by atoms with Gasteiger partial charge in [0.15, 0.2) is 6.54 Å². The number of allylic oxidation sites excluding steroid dienone is 1. The fourth-order valence-corrected chi connectivity index (χ4v) is 2.53. The van der Waals surface area contributed by atoms with Gasteiger partial charge in [0.2, 0.25) is 0 Å². The molecule has 1 fully saturated rings. The molecule has 0 atom stereocenters. The van der Waals surface area contributed by atoms with Gasteiger partial charge in [0.25, 0.3) is 5.91 Å². The lowest BCUT2D eigenvalue weighted by atomic mass is 10.1. The normalized spacial score (nSPS) is 22.7. The zero-order valence-electron chi connectivity index (χ0n) is 13.4. The Labute approximate surface area is 132 Å². The van der Waals surface area contributed by atoms with Crippen LogP contribution in [-0.4, -0.2) is 51.9 Å². The van der Waals surface area contributed by atoms with E-state index in [2.05, 4.69) is 17.6 Å². The van der Waals surface area contributed by atoms with Crippen LogP contribution in [0.4, 0.5) is 0 Å². The minimum Gasteiger partial charge on any atom is -0.328 e. The molecule has 1 heterocycles. The third kappa shape index (κ3) is 5.79. The fraction of sp³-hybridized carbons (Fsp3) is 0.412. The first-order chi connectivity index (χ1) is 10.6. The third-order valence-electron chi connectivity index (χ3n) is 3.87. The standard InChI is InChI=1S/C17H24N4O/c1-15(12-16-6-4-3-5-7-16)13-18-19-17(22)14-21-10-8-20(2)9-11-21/h3-7,12-13H,8-11,14H2,1-2H3,(H,19,22)/p+2/b15-12+,18-13-. The molecule has 5 nitrogen and oxygen atoms in total. The van der Waals surface area contributed by atoms with Crippen molar-refractivity contribution < 1.29 is 14.6 Å². The molecule has 0 bridgehead atoms. The lowest BCUT2D eigenvalue weighted by molar-refractivity contribution is -1.000. The van der Waals surface area contributed by atoms with Crippen LogP contribution >= 0.6 is 0 Å². The molecule has 0 radical (unpaired) electrons. The van der Waals surface area contributed by atoms with Gasteiger partial charge in [-0.1, -0.05) is 36.4 Å². The number of nitrogens with one attached hydrogen (secondary N) is 3. The van der Waals surface area contributed by atoms with Crippen molar-refractivity contribution in [3.63, 3.8) is 0 Å². The van der Waals surface area contributed by atoms with E-state index in [0.717, 1.165) is 37.3 Å². The number of hydrazone groups is 1. The Hall–Kier alpha value is -1.98. The zero-order valence-corrected chi connectivity index (χ0v) is 13.4. The Morgan fingerprint density at radius 2 is 1.91 bits per heavy atom. The van der Waals surface area contributed by atoms with Gasteiger partial charge < -0.3 is 9.80 Å². The Balaban J connectivity index is 1.74. The SMILES string of the molecule is CC(/C=N\NC(=O)C[NH+]1CC[NH+](C)CC1)=C\c1ccccc1. The number of hydrogen-bond acceptors (Lipinski definition) is 2. The van der Waals surface area contributed by atoms with Gasteiger partial charge >= 0.3 is 0 Å². The number of carbonyl (C=O) groups is 1. The number of piperazine rings is 1. The monoisotopic (exact) mass is 302 g/mol. The van der Waals surface area contributed by atoms with Crippen molar-refractivity contribution in [3.8, 4) is 0 Å². The van der Waals surface area contributed by atoms with Gasteiger partial charge in [0.05, 0.1) is 13.3 Å². The molecule has 0 unspecified atom stereocenters. The quantitative estimate of drug-likeness (QED) is 0.455. The maximum absolute atomic E-state index is 11.9. The van der Waals surface area contributed by atoms with Crippen LogP contribution in [0.5, 0.6) is 0 Å². The minimum atomic E-state index is -0.0154. The first kappa shape index (κ1) is 16.4. The number of benzene rings is 1. The van der Waals surface area contributed by atoms with Crippen molar-refractivity contribution in [2.45, 2.75) is 6.92 Å². The molecule has 1 aromatic carbocycles. The lowest BCUT2D eigenvalue weighted by Crippen LogP contribution is -3.27. The number of quaternary nitrogens is 2. The second-order valence-electron chi connectivity index (χ2n) is 5.98. The molecule has 1 aliphatic rings. The molecule has 0 saturated carbocycles. The van der Waals surface area contributed by atoms with E-state index in [1.54, 1.807) is 11.1 Å². The van der Waals surface area contributed by atoms with Crippen molar-refractivity contribution in [1.29, 1.82) is 0 Å². The highest BCUT2D eigenvalue weighted by Gasteiger charge is 2.21. The summed E-state index contributed by atoms with van der Waals surface area (Å²) in [5, 5.41) is 4.04. The van der Waals surface area contributed by atoms with Crippen LogP contribution in [-0.2, 0) is 4.79 Å². The third-order valence-corrected chi connectivity index (χ3v) is 3.87. The molecule has 0 spiro atoms. The van der Waals surface area contributed by atoms with Gasteiger partial charge in [-0.05, 0) is 18.1 Å². The molecule has 5 heteroatoms. The molecule has 1 amide bonds. The topological polar surface area (TPSA) is 50.3 Å². The van der Waals surface area contributed by atoms with Gasteiger partial charge in [0.1, 0.15) is 26.2 Å². The second-order valence-corrected chi connectivity index (χ2v) is 5.98. The van der Waals surface area contributed by atoms with E-state index >= 15 is 0 Å². The smallest absolute Gasteiger partial charge is 0.295 e. The van der Waals surface area contributed by atoms with Crippen LogP contribution in [0.2, 0.25) is 0 Å². The highest BCUT2D eigenvalue weighted by Crippen LogP contribution is 2.04. The summed E-state index contributed by atoms with van der Waals surface area (Å²) in [7, 11) is 2.20.